The molecule has 76 valence electrons. The van der Waals surface area contributed by atoms with Crippen molar-refractivity contribution in [2.45, 2.75) is 19.8 Å². The molecule has 1 aromatic rings. The van der Waals surface area contributed by atoms with E-state index in [1.54, 1.807) is 13.8 Å². The maximum absolute atomic E-state index is 13.3. The van der Waals surface area contributed by atoms with E-state index in [4.69, 9.17) is 5.21 Å². The molecule has 1 aromatic heterocycles. The molecule has 0 aromatic carbocycles. The van der Waals surface area contributed by atoms with Crippen molar-refractivity contribution in [1.29, 1.82) is 0 Å². The third-order valence-corrected chi connectivity index (χ3v) is 1.78. The molecule has 0 unspecified atom stereocenters. The molecule has 0 atom stereocenters. The SMILES string of the molecule is CC(C)c1ncc(C(=O)NO)cc1F. The molecule has 2 N–H and O–H groups in total. The van der Waals surface area contributed by atoms with Crippen LogP contribution in [-0.4, -0.2) is 16.1 Å². The molecule has 1 amide bonds. The van der Waals surface area contributed by atoms with Crippen molar-refractivity contribution in [1.82, 2.24) is 10.5 Å². The van der Waals surface area contributed by atoms with Crippen molar-refractivity contribution in [3.05, 3.63) is 29.3 Å². The minimum atomic E-state index is -0.772. The van der Waals surface area contributed by atoms with Gasteiger partial charge in [0, 0.05) is 6.20 Å². The van der Waals surface area contributed by atoms with Crippen LogP contribution in [0, 0.1) is 5.82 Å². The van der Waals surface area contributed by atoms with Gasteiger partial charge in [0.15, 0.2) is 0 Å². The molecule has 5 heteroatoms. The van der Waals surface area contributed by atoms with E-state index in [0.29, 0.717) is 5.69 Å². The Labute approximate surface area is 80.7 Å². The molecule has 0 aliphatic rings. The first-order chi connectivity index (χ1) is 6.56. The third kappa shape index (κ3) is 2.05. The Balaban J connectivity index is 3.06. The summed E-state index contributed by atoms with van der Waals surface area (Å²) in [6.07, 6.45) is 1.23. The summed E-state index contributed by atoms with van der Waals surface area (Å²) in [5.74, 6) is -1.35. The van der Waals surface area contributed by atoms with Crippen LogP contribution in [0.1, 0.15) is 35.8 Å². The second kappa shape index (κ2) is 4.15. The molecule has 0 bridgehead atoms. The predicted molar refractivity (Wildman–Crippen MR) is 47.5 cm³/mol. The largest absolute Gasteiger partial charge is 0.288 e. The van der Waals surface area contributed by atoms with Gasteiger partial charge in [-0.15, -0.1) is 0 Å². The number of amides is 1. The number of carbonyl (C=O) groups excluding carboxylic acids is 1. The Morgan fingerprint density at radius 2 is 2.29 bits per heavy atom. The quantitative estimate of drug-likeness (QED) is 0.558. The summed E-state index contributed by atoms with van der Waals surface area (Å²) in [4.78, 5) is 14.7. The van der Waals surface area contributed by atoms with Crippen LogP contribution in [0.4, 0.5) is 4.39 Å². The minimum Gasteiger partial charge on any atom is -0.288 e. The average molecular weight is 198 g/mol. The van der Waals surface area contributed by atoms with Gasteiger partial charge in [0.05, 0.1) is 11.3 Å². The number of halogens is 1. The summed E-state index contributed by atoms with van der Waals surface area (Å²) in [5.41, 5.74) is 1.71. The number of hydrogen-bond donors (Lipinski definition) is 2. The van der Waals surface area contributed by atoms with Crippen molar-refractivity contribution in [3.8, 4) is 0 Å². The minimum absolute atomic E-state index is 0.00519. The van der Waals surface area contributed by atoms with Gasteiger partial charge < -0.3 is 0 Å². The highest BCUT2D eigenvalue weighted by Gasteiger charge is 2.12. The normalized spacial score (nSPS) is 10.4. The second-order valence-corrected chi connectivity index (χ2v) is 3.19. The number of rotatable bonds is 2. The zero-order valence-corrected chi connectivity index (χ0v) is 7.91. The molecule has 0 radical (unpaired) electrons. The summed E-state index contributed by atoms with van der Waals surface area (Å²) in [6.45, 7) is 3.61. The van der Waals surface area contributed by atoms with Gasteiger partial charge in [0.1, 0.15) is 5.82 Å². The van der Waals surface area contributed by atoms with E-state index < -0.39 is 11.7 Å². The molecule has 4 nitrogen and oxygen atoms in total. The zero-order chi connectivity index (χ0) is 10.7. The van der Waals surface area contributed by atoms with E-state index in [0.717, 1.165) is 6.07 Å². The van der Waals surface area contributed by atoms with Crippen molar-refractivity contribution in [2.75, 3.05) is 0 Å². The fourth-order valence-electron chi connectivity index (χ4n) is 1.06. The van der Waals surface area contributed by atoms with Crippen LogP contribution in [0.2, 0.25) is 0 Å². The lowest BCUT2D eigenvalue weighted by atomic mass is 10.1. The third-order valence-electron chi connectivity index (χ3n) is 1.78. The number of nitrogens with zero attached hydrogens (tertiary/aromatic N) is 1. The van der Waals surface area contributed by atoms with E-state index >= 15 is 0 Å². The van der Waals surface area contributed by atoms with Gasteiger partial charge in [-0.05, 0) is 12.0 Å². The monoisotopic (exact) mass is 198 g/mol. The van der Waals surface area contributed by atoms with Gasteiger partial charge >= 0.3 is 0 Å². The molecule has 0 saturated heterocycles. The van der Waals surface area contributed by atoms with E-state index in [2.05, 4.69) is 4.98 Å². The first-order valence-corrected chi connectivity index (χ1v) is 4.16. The molecule has 14 heavy (non-hydrogen) atoms. The summed E-state index contributed by atoms with van der Waals surface area (Å²) < 4.78 is 13.3. The number of nitrogens with one attached hydrogen (secondary N) is 1. The Kier molecular flexibility index (Phi) is 3.14. The highest BCUT2D eigenvalue weighted by atomic mass is 19.1. The smallest absolute Gasteiger partial charge is 0.276 e. The first kappa shape index (κ1) is 10.6. The highest BCUT2D eigenvalue weighted by Crippen LogP contribution is 2.16. The molecule has 0 aliphatic carbocycles. The average Bonchev–Trinajstić information content (AvgIpc) is 2.15. The van der Waals surface area contributed by atoms with Gasteiger partial charge in [-0.3, -0.25) is 15.0 Å². The molecule has 1 rings (SSSR count). The van der Waals surface area contributed by atoms with Crippen LogP contribution in [-0.2, 0) is 0 Å². The molecular weight excluding hydrogens is 187 g/mol. The van der Waals surface area contributed by atoms with Gasteiger partial charge in [-0.25, -0.2) is 9.87 Å². The first-order valence-electron chi connectivity index (χ1n) is 4.16. The second-order valence-electron chi connectivity index (χ2n) is 3.19. The summed E-state index contributed by atoms with van der Waals surface area (Å²) in [6, 6.07) is 1.05. The molecule has 0 spiro atoms. The number of hydrogen-bond acceptors (Lipinski definition) is 3. The fourth-order valence-corrected chi connectivity index (χ4v) is 1.06. The van der Waals surface area contributed by atoms with E-state index in [-0.39, 0.29) is 11.5 Å². The van der Waals surface area contributed by atoms with Crippen LogP contribution in [0.15, 0.2) is 12.3 Å². The van der Waals surface area contributed by atoms with Crippen molar-refractivity contribution >= 4 is 5.91 Å². The molecule has 0 saturated carbocycles. The zero-order valence-electron chi connectivity index (χ0n) is 7.91. The van der Waals surface area contributed by atoms with Crippen molar-refractivity contribution < 1.29 is 14.4 Å². The van der Waals surface area contributed by atoms with Crippen LogP contribution in [0.25, 0.3) is 0 Å². The molecule has 1 heterocycles. The number of pyridine rings is 1. The van der Waals surface area contributed by atoms with Crippen molar-refractivity contribution in [3.63, 3.8) is 0 Å². The summed E-state index contributed by atoms with van der Waals surface area (Å²) >= 11 is 0. The van der Waals surface area contributed by atoms with Gasteiger partial charge in [0.2, 0.25) is 0 Å². The van der Waals surface area contributed by atoms with Crippen molar-refractivity contribution in [2.24, 2.45) is 0 Å². The predicted octanol–water partition coefficient (Wildman–Crippen LogP) is 1.46. The van der Waals surface area contributed by atoms with E-state index in [1.807, 2.05) is 0 Å². The van der Waals surface area contributed by atoms with E-state index in [1.165, 1.54) is 11.7 Å². The maximum Gasteiger partial charge on any atom is 0.276 e. The number of carbonyl (C=O) groups is 1. The number of hydroxylamine groups is 1. The fraction of sp³-hybridized carbons (Fsp3) is 0.333. The lowest BCUT2D eigenvalue weighted by molar-refractivity contribution is 0.0705. The molecule has 0 aliphatic heterocycles. The van der Waals surface area contributed by atoms with Crippen LogP contribution in [0.5, 0.6) is 0 Å². The summed E-state index contributed by atoms with van der Waals surface area (Å²) in [7, 11) is 0. The summed E-state index contributed by atoms with van der Waals surface area (Å²) in [5, 5.41) is 8.31. The number of aromatic nitrogens is 1. The van der Waals surface area contributed by atoms with Crippen LogP contribution in [0.3, 0.4) is 0 Å². The Morgan fingerprint density at radius 3 is 2.71 bits per heavy atom. The van der Waals surface area contributed by atoms with Gasteiger partial charge in [-0.2, -0.15) is 0 Å². The topological polar surface area (TPSA) is 62.2 Å². The van der Waals surface area contributed by atoms with Crippen LogP contribution < -0.4 is 5.48 Å². The molecular formula is C9H11FN2O2. The van der Waals surface area contributed by atoms with Crippen LogP contribution >= 0.6 is 0 Å². The Bertz CT molecular complexity index is 353. The standard InChI is InChI=1S/C9H11FN2O2/c1-5(2)8-7(10)3-6(4-11-8)9(13)12-14/h3-5,14H,1-2H3,(H,12,13). The highest BCUT2D eigenvalue weighted by molar-refractivity contribution is 5.92. The van der Waals surface area contributed by atoms with Gasteiger partial charge in [-0.1, -0.05) is 13.8 Å². The van der Waals surface area contributed by atoms with Gasteiger partial charge in [0.25, 0.3) is 5.91 Å². The Hall–Kier alpha value is -1.49. The molecule has 0 fully saturated rings. The lowest BCUT2D eigenvalue weighted by Gasteiger charge is -2.06. The lowest BCUT2D eigenvalue weighted by Crippen LogP contribution is -2.19. The maximum atomic E-state index is 13.3. The van der Waals surface area contributed by atoms with E-state index in [9.17, 15) is 9.18 Å². The Morgan fingerprint density at radius 1 is 1.64 bits per heavy atom.